The minimum absolute atomic E-state index is 0.0228. The predicted molar refractivity (Wildman–Crippen MR) is 32.9 cm³/mol. The maximum Gasteiger partial charge on any atom is 0.134 e. The Labute approximate surface area is 55.2 Å². The highest BCUT2D eigenvalue weighted by molar-refractivity contribution is 4.67. The standard InChI is InChI=1S/C6H11NO2/c1-6(5-8-2)9-4-3-7/h6H,4-5H2,1-2H3. The molecule has 0 spiro atoms. The molecule has 1 atom stereocenters. The van der Waals surface area contributed by atoms with Gasteiger partial charge >= 0.3 is 0 Å². The SMILES string of the molecule is COCC(C)OCC#N. The molecule has 0 amide bonds. The van der Waals surface area contributed by atoms with Crippen molar-refractivity contribution < 1.29 is 9.47 Å². The zero-order valence-electron chi connectivity index (χ0n) is 5.76. The van der Waals surface area contributed by atoms with Gasteiger partial charge in [0, 0.05) is 7.11 Å². The van der Waals surface area contributed by atoms with E-state index in [1.54, 1.807) is 7.11 Å². The molecule has 0 aliphatic heterocycles. The van der Waals surface area contributed by atoms with E-state index in [-0.39, 0.29) is 12.7 Å². The number of methoxy groups -OCH3 is 1. The summed E-state index contributed by atoms with van der Waals surface area (Å²) in [4.78, 5) is 0. The molecule has 0 aromatic carbocycles. The van der Waals surface area contributed by atoms with E-state index in [9.17, 15) is 0 Å². The maximum atomic E-state index is 8.07. The topological polar surface area (TPSA) is 42.2 Å². The van der Waals surface area contributed by atoms with E-state index in [1.807, 2.05) is 13.0 Å². The highest BCUT2D eigenvalue weighted by atomic mass is 16.5. The lowest BCUT2D eigenvalue weighted by Gasteiger charge is -2.07. The van der Waals surface area contributed by atoms with Gasteiger partial charge in [-0.2, -0.15) is 5.26 Å². The van der Waals surface area contributed by atoms with Gasteiger partial charge in [-0.15, -0.1) is 0 Å². The lowest BCUT2D eigenvalue weighted by Crippen LogP contribution is -2.14. The normalized spacial score (nSPS) is 12.6. The molecule has 0 saturated heterocycles. The Balaban J connectivity index is 3.07. The molecule has 9 heavy (non-hydrogen) atoms. The molecule has 0 heterocycles. The molecule has 0 aromatic rings. The molecule has 0 rings (SSSR count). The first-order valence-electron chi connectivity index (χ1n) is 2.78. The van der Waals surface area contributed by atoms with Crippen LogP contribution in [0.2, 0.25) is 0 Å². The maximum absolute atomic E-state index is 8.07. The van der Waals surface area contributed by atoms with Gasteiger partial charge in [0.1, 0.15) is 6.61 Å². The molecule has 0 bridgehead atoms. The van der Waals surface area contributed by atoms with Gasteiger partial charge in [-0.1, -0.05) is 0 Å². The van der Waals surface area contributed by atoms with Crippen LogP contribution in [0.15, 0.2) is 0 Å². The van der Waals surface area contributed by atoms with Crippen molar-refractivity contribution in [2.45, 2.75) is 13.0 Å². The Morgan fingerprint density at radius 2 is 2.33 bits per heavy atom. The van der Waals surface area contributed by atoms with Crippen molar-refractivity contribution in [1.29, 1.82) is 5.26 Å². The number of rotatable bonds is 4. The molecule has 0 fully saturated rings. The number of ether oxygens (including phenoxy) is 2. The second kappa shape index (κ2) is 5.54. The van der Waals surface area contributed by atoms with E-state index in [0.717, 1.165) is 0 Å². The van der Waals surface area contributed by atoms with Gasteiger partial charge in [-0.05, 0) is 6.92 Å². The number of nitrogens with zero attached hydrogens (tertiary/aromatic N) is 1. The Kier molecular flexibility index (Phi) is 5.18. The molecule has 0 aliphatic rings. The first kappa shape index (κ1) is 8.41. The van der Waals surface area contributed by atoms with Crippen LogP contribution in [0.4, 0.5) is 0 Å². The lowest BCUT2D eigenvalue weighted by molar-refractivity contribution is 0.0245. The first-order valence-corrected chi connectivity index (χ1v) is 2.78. The Hall–Kier alpha value is -0.590. The van der Waals surface area contributed by atoms with Crippen molar-refractivity contribution in [1.82, 2.24) is 0 Å². The minimum atomic E-state index is 0.0228. The van der Waals surface area contributed by atoms with Crippen molar-refractivity contribution in [3.63, 3.8) is 0 Å². The van der Waals surface area contributed by atoms with E-state index >= 15 is 0 Å². The van der Waals surface area contributed by atoms with Gasteiger partial charge in [0.05, 0.1) is 18.8 Å². The number of nitriles is 1. The summed E-state index contributed by atoms with van der Waals surface area (Å²) >= 11 is 0. The third-order valence-corrected chi connectivity index (χ3v) is 0.834. The Morgan fingerprint density at radius 3 is 2.78 bits per heavy atom. The van der Waals surface area contributed by atoms with Crippen LogP contribution in [-0.2, 0) is 9.47 Å². The summed E-state index contributed by atoms with van der Waals surface area (Å²) in [6.45, 7) is 2.55. The molecular weight excluding hydrogens is 118 g/mol. The van der Waals surface area contributed by atoms with E-state index in [2.05, 4.69) is 0 Å². The third kappa shape index (κ3) is 5.28. The van der Waals surface area contributed by atoms with Crippen molar-refractivity contribution >= 4 is 0 Å². The van der Waals surface area contributed by atoms with E-state index in [0.29, 0.717) is 6.61 Å². The second-order valence-corrected chi connectivity index (χ2v) is 1.74. The van der Waals surface area contributed by atoms with Crippen molar-refractivity contribution in [2.75, 3.05) is 20.3 Å². The molecule has 52 valence electrons. The van der Waals surface area contributed by atoms with Gasteiger partial charge < -0.3 is 9.47 Å². The largest absolute Gasteiger partial charge is 0.382 e. The van der Waals surface area contributed by atoms with Crippen LogP contribution >= 0.6 is 0 Å². The molecule has 1 unspecified atom stereocenters. The smallest absolute Gasteiger partial charge is 0.134 e. The summed E-state index contributed by atoms with van der Waals surface area (Å²) in [5.41, 5.74) is 0. The van der Waals surface area contributed by atoms with Crippen LogP contribution in [0.5, 0.6) is 0 Å². The summed E-state index contributed by atoms with van der Waals surface area (Å²) in [6.07, 6.45) is 0.0228. The van der Waals surface area contributed by atoms with Crippen LogP contribution in [0.25, 0.3) is 0 Å². The average Bonchev–Trinajstić information content (AvgIpc) is 1.85. The van der Waals surface area contributed by atoms with Crippen LogP contribution in [0, 0.1) is 11.3 Å². The summed E-state index contributed by atoms with van der Waals surface area (Å²) in [6, 6.07) is 1.88. The van der Waals surface area contributed by atoms with Gasteiger partial charge in [-0.3, -0.25) is 0 Å². The van der Waals surface area contributed by atoms with E-state index in [1.165, 1.54) is 0 Å². The number of hydrogen-bond acceptors (Lipinski definition) is 3. The molecule has 0 aromatic heterocycles. The van der Waals surface area contributed by atoms with Crippen molar-refractivity contribution in [3.05, 3.63) is 0 Å². The highest BCUT2D eigenvalue weighted by Gasteiger charge is 1.97. The van der Waals surface area contributed by atoms with Gasteiger partial charge in [0.25, 0.3) is 0 Å². The molecule has 3 nitrogen and oxygen atoms in total. The molecule has 0 N–H and O–H groups in total. The summed E-state index contributed by atoms with van der Waals surface area (Å²) in [7, 11) is 1.60. The fourth-order valence-corrected chi connectivity index (χ4v) is 0.462. The van der Waals surface area contributed by atoms with Gasteiger partial charge in [0.2, 0.25) is 0 Å². The average molecular weight is 129 g/mol. The Morgan fingerprint density at radius 1 is 1.67 bits per heavy atom. The van der Waals surface area contributed by atoms with Crippen LogP contribution in [-0.4, -0.2) is 26.4 Å². The fraction of sp³-hybridized carbons (Fsp3) is 0.833. The lowest BCUT2D eigenvalue weighted by atomic mass is 10.4. The van der Waals surface area contributed by atoms with Crippen molar-refractivity contribution in [2.24, 2.45) is 0 Å². The molecule has 0 saturated carbocycles. The van der Waals surface area contributed by atoms with Gasteiger partial charge in [-0.25, -0.2) is 0 Å². The zero-order chi connectivity index (χ0) is 7.11. The summed E-state index contributed by atoms with van der Waals surface area (Å²) in [5.74, 6) is 0. The molecular formula is C6H11NO2. The summed E-state index contributed by atoms with van der Waals surface area (Å²) in [5, 5.41) is 8.07. The Bertz CT molecular complexity index is 97.7. The van der Waals surface area contributed by atoms with E-state index in [4.69, 9.17) is 14.7 Å². The van der Waals surface area contributed by atoms with Crippen LogP contribution < -0.4 is 0 Å². The monoisotopic (exact) mass is 129 g/mol. The zero-order valence-corrected chi connectivity index (χ0v) is 5.76. The predicted octanol–water partition coefficient (Wildman–Crippen LogP) is 0.561. The highest BCUT2D eigenvalue weighted by Crippen LogP contribution is 1.88. The molecule has 0 radical (unpaired) electrons. The molecule has 3 heteroatoms. The van der Waals surface area contributed by atoms with Crippen LogP contribution in [0.3, 0.4) is 0 Å². The minimum Gasteiger partial charge on any atom is -0.382 e. The first-order chi connectivity index (χ1) is 4.31. The summed E-state index contributed by atoms with van der Waals surface area (Å²) < 4.78 is 9.71. The quantitative estimate of drug-likeness (QED) is 0.557. The molecule has 0 aliphatic carbocycles. The second-order valence-electron chi connectivity index (χ2n) is 1.74. The third-order valence-electron chi connectivity index (χ3n) is 0.834. The van der Waals surface area contributed by atoms with Crippen molar-refractivity contribution in [3.8, 4) is 6.07 Å². The van der Waals surface area contributed by atoms with Gasteiger partial charge in [0.15, 0.2) is 0 Å². The fourth-order valence-electron chi connectivity index (χ4n) is 0.462. The van der Waals surface area contributed by atoms with Crippen LogP contribution in [0.1, 0.15) is 6.92 Å². The number of hydrogen-bond donors (Lipinski definition) is 0. The van der Waals surface area contributed by atoms with E-state index < -0.39 is 0 Å².